The van der Waals surface area contributed by atoms with Crippen molar-refractivity contribution in [2.75, 3.05) is 7.11 Å². The molecular weight excluding hydrogens is 243 g/mol. The molecule has 5 heteroatoms. The highest BCUT2D eigenvalue weighted by Crippen LogP contribution is 2.21. The van der Waals surface area contributed by atoms with Gasteiger partial charge in [0, 0.05) is 5.46 Å². The van der Waals surface area contributed by atoms with Gasteiger partial charge in [0.15, 0.2) is 0 Å². The van der Waals surface area contributed by atoms with Crippen LogP contribution in [0.5, 0.6) is 5.75 Å². The van der Waals surface area contributed by atoms with E-state index in [-0.39, 0.29) is 0 Å². The van der Waals surface area contributed by atoms with E-state index in [0.717, 1.165) is 18.4 Å². The predicted octanol–water partition coefficient (Wildman–Crippen LogP) is 1.22. The van der Waals surface area contributed by atoms with Crippen molar-refractivity contribution in [3.05, 3.63) is 23.8 Å². The zero-order valence-electron chi connectivity index (χ0n) is 11.3. The average Bonchev–Trinajstić information content (AvgIpc) is 2.46. The van der Waals surface area contributed by atoms with Gasteiger partial charge in [-0.25, -0.2) is 0 Å². The Morgan fingerprint density at radius 3 is 2.58 bits per heavy atom. The van der Waals surface area contributed by atoms with Gasteiger partial charge in [-0.3, -0.25) is 0 Å². The molecule has 1 saturated carbocycles. The Balaban J connectivity index is 1.98. The highest BCUT2D eigenvalue weighted by Gasteiger charge is 2.18. The second kappa shape index (κ2) is 6.94. The van der Waals surface area contributed by atoms with Gasteiger partial charge in [0.05, 0.1) is 19.8 Å². The average molecular weight is 264 g/mol. The van der Waals surface area contributed by atoms with Crippen LogP contribution in [0.25, 0.3) is 0 Å². The normalized spacial score (nSPS) is 16.4. The minimum atomic E-state index is -1.52. The van der Waals surface area contributed by atoms with Crippen molar-refractivity contribution < 1.29 is 19.5 Å². The van der Waals surface area contributed by atoms with Gasteiger partial charge >= 0.3 is 7.12 Å². The Morgan fingerprint density at radius 2 is 1.95 bits per heavy atom. The first-order valence-electron chi connectivity index (χ1n) is 6.85. The van der Waals surface area contributed by atoms with Gasteiger partial charge in [0.25, 0.3) is 0 Å². The van der Waals surface area contributed by atoms with E-state index >= 15 is 0 Å². The largest absolute Gasteiger partial charge is 0.497 e. The summed E-state index contributed by atoms with van der Waals surface area (Å²) in [6, 6.07) is 5.37. The molecule has 0 aliphatic heterocycles. The molecule has 0 atom stereocenters. The zero-order valence-corrected chi connectivity index (χ0v) is 11.3. The van der Waals surface area contributed by atoms with Crippen molar-refractivity contribution in [1.29, 1.82) is 0 Å². The summed E-state index contributed by atoms with van der Waals surface area (Å²) >= 11 is 0. The minimum absolute atomic E-state index is 0.346. The van der Waals surface area contributed by atoms with E-state index in [1.54, 1.807) is 12.1 Å². The third kappa shape index (κ3) is 3.96. The molecule has 0 saturated heterocycles. The zero-order chi connectivity index (χ0) is 13.7. The maximum absolute atomic E-state index is 9.31. The second-order valence-corrected chi connectivity index (χ2v) is 5.02. The van der Waals surface area contributed by atoms with E-state index < -0.39 is 7.12 Å². The first-order valence-corrected chi connectivity index (χ1v) is 6.85. The first kappa shape index (κ1) is 14.4. The number of ether oxygens (including phenoxy) is 2. The summed E-state index contributed by atoms with van der Waals surface area (Å²) in [7, 11) is -0.0102. The monoisotopic (exact) mass is 264 g/mol. The summed E-state index contributed by atoms with van der Waals surface area (Å²) in [5.74, 6) is 0.483. The topological polar surface area (TPSA) is 58.9 Å². The van der Waals surface area contributed by atoms with Crippen LogP contribution >= 0.6 is 0 Å². The van der Waals surface area contributed by atoms with E-state index in [1.807, 2.05) is 6.07 Å². The van der Waals surface area contributed by atoms with Gasteiger partial charge < -0.3 is 19.5 Å². The molecule has 0 bridgehead atoms. The minimum Gasteiger partial charge on any atom is -0.497 e. The Bertz CT molecular complexity index is 402. The number of rotatable bonds is 5. The predicted molar refractivity (Wildman–Crippen MR) is 74.5 cm³/mol. The molecule has 4 nitrogen and oxygen atoms in total. The van der Waals surface area contributed by atoms with Crippen LogP contribution in [-0.4, -0.2) is 30.4 Å². The maximum Gasteiger partial charge on any atom is 0.492 e. The molecule has 1 aliphatic carbocycles. The second-order valence-electron chi connectivity index (χ2n) is 5.02. The van der Waals surface area contributed by atoms with Crippen LogP contribution in [0.2, 0.25) is 0 Å². The lowest BCUT2D eigenvalue weighted by atomic mass is 9.79. The van der Waals surface area contributed by atoms with Gasteiger partial charge in [-0.1, -0.05) is 31.4 Å². The molecule has 0 aromatic heterocycles. The Kier molecular flexibility index (Phi) is 5.25. The van der Waals surface area contributed by atoms with Gasteiger partial charge in [-0.2, -0.15) is 0 Å². The van der Waals surface area contributed by atoms with Crippen LogP contribution in [0.1, 0.15) is 37.7 Å². The molecule has 19 heavy (non-hydrogen) atoms. The third-order valence-electron chi connectivity index (χ3n) is 3.61. The van der Waals surface area contributed by atoms with Crippen molar-refractivity contribution in [3.63, 3.8) is 0 Å². The van der Waals surface area contributed by atoms with Crippen molar-refractivity contribution in [2.24, 2.45) is 0 Å². The summed E-state index contributed by atoms with van der Waals surface area (Å²) < 4.78 is 11.0. The molecule has 1 fully saturated rings. The van der Waals surface area contributed by atoms with Crippen molar-refractivity contribution in [2.45, 2.75) is 44.8 Å². The highest BCUT2D eigenvalue weighted by atomic mass is 16.5. The first-order chi connectivity index (χ1) is 9.20. The number of hydrogen-bond donors (Lipinski definition) is 2. The molecule has 0 heterocycles. The molecule has 2 N–H and O–H groups in total. The summed E-state index contributed by atoms with van der Waals surface area (Å²) in [5, 5.41) is 18.6. The molecule has 1 aromatic rings. The van der Waals surface area contributed by atoms with Crippen LogP contribution < -0.4 is 10.2 Å². The third-order valence-corrected chi connectivity index (χ3v) is 3.61. The van der Waals surface area contributed by atoms with Crippen LogP contribution in [-0.2, 0) is 11.3 Å². The number of hydrogen-bond acceptors (Lipinski definition) is 4. The van der Waals surface area contributed by atoms with Crippen LogP contribution in [0.15, 0.2) is 18.2 Å². The molecule has 0 unspecified atom stereocenters. The Morgan fingerprint density at radius 1 is 1.21 bits per heavy atom. The van der Waals surface area contributed by atoms with E-state index in [4.69, 9.17) is 9.47 Å². The lowest BCUT2D eigenvalue weighted by Gasteiger charge is -2.22. The molecule has 1 aromatic carbocycles. The summed E-state index contributed by atoms with van der Waals surface area (Å²) in [6.07, 6.45) is 6.40. The Hall–Kier alpha value is -1.04. The fourth-order valence-corrected chi connectivity index (χ4v) is 2.52. The SMILES string of the molecule is COc1ccc(COC2CCCCC2)cc1B(O)O. The molecule has 104 valence electrons. The van der Waals surface area contributed by atoms with Crippen LogP contribution in [0.4, 0.5) is 0 Å². The molecule has 1 aliphatic rings. The Labute approximate surface area is 114 Å². The van der Waals surface area contributed by atoms with Gasteiger partial charge in [0.1, 0.15) is 5.75 Å². The van der Waals surface area contributed by atoms with E-state index in [1.165, 1.54) is 26.4 Å². The van der Waals surface area contributed by atoms with Crippen molar-refractivity contribution in [3.8, 4) is 5.75 Å². The fraction of sp³-hybridized carbons (Fsp3) is 0.571. The van der Waals surface area contributed by atoms with E-state index in [9.17, 15) is 10.0 Å². The molecule has 2 rings (SSSR count). The lowest BCUT2D eigenvalue weighted by molar-refractivity contribution is 0.0169. The molecular formula is C14H21BO4. The number of methoxy groups -OCH3 is 1. The molecule has 0 amide bonds. The summed E-state index contributed by atoms with van der Waals surface area (Å²) in [4.78, 5) is 0. The van der Waals surface area contributed by atoms with Crippen molar-refractivity contribution >= 4 is 12.6 Å². The van der Waals surface area contributed by atoms with Gasteiger partial charge in [-0.05, 0) is 24.5 Å². The van der Waals surface area contributed by atoms with Crippen LogP contribution in [0, 0.1) is 0 Å². The summed E-state index contributed by atoms with van der Waals surface area (Å²) in [5.41, 5.74) is 1.32. The van der Waals surface area contributed by atoms with Crippen molar-refractivity contribution in [1.82, 2.24) is 0 Å². The van der Waals surface area contributed by atoms with Gasteiger partial charge in [0.2, 0.25) is 0 Å². The smallest absolute Gasteiger partial charge is 0.492 e. The fourth-order valence-electron chi connectivity index (χ4n) is 2.52. The lowest BCUT2D eigenvalue weighted by Crippen LogP contribution is -2.31. The van der Waals surface area contributed by atoms with Gasteiger partial charge in [-0.15, -0.1) is 0 Å². The maximum atomic E-state index is 9.31. The standard InChI is InChI=1S/C14H21BO4/c1-18-14-8-7-11(9-13(14)15(16)17)10-19-12-5-3-2-4-6-12/h7-9,12,16-17H,2-6,10H2,1H3. The molecule has 0 spiro atoms. The van der Waals surface area contributed by atoms with E-state index in [2.05, 4.69) is 0 Å². The number of benzene rings is 1. The molecule has 0 radical (unpaired) electrons. The summed E-state index contributed by atoms with van der Waals surface area (Å²) in [6.45, 7) is 0.508. The van der Waals surface area contributed by atoms with E-state index in [0.29, 0.717) is 23.9 Å². The van der Waals surface area contributed by atoms with Crippen LogP contribution in [0.3, 0.4) is 0 Å². The highest BCUT2D eigenvalue weighted by molar-refractivity contribution is 6.59. The quantitative estimate of drug-likeness (QED) is 0.785.